The number of hydrogen-bond acceptors (Lipinski definition) is 3. The Bertz CT molecular complexity index is 161. The molecule has 3 heteroatoms. The maximum absolute atomic E-state index is 10.5. The molecule has 1 atom stereocenters. The minimum absolute atomic E-state index is 0.321. The molecule has 0 aromatic carbocycles. The standard InChI is InChI=1S/C8H14O3/c1-6(11-7(2)9)8(10)4-3-5-8/h6,10H,3-5H2,1-2H3. The van der Waals surface area contributed by atoms with Crippen LogP contribution < -0.4 is 0 Å². The molecule has 1 aliphatic carbocycles. The van der Waals surface area contributed by atoms with Crippen molar-refractivity contribution in [3.05, 3.63) is 0 Å². The first-order chi connectivity index (χ1) is 5.04. The predicted octanol–water partition coefficient (Wildman–Crippen LogP) is 0.853. The summed E-state index contributed by atoms with van der Waals surface area (Å²) in [6.07, 6.45) is 2.18. The van der Waals surface area contributed by atoms with Crippen molar-refractivity contribution in [1.29, 1.82) is 0 Å². The summed E-state index contributed by atoms with van der Waals surface area (Å²) in [6.45, 7) is 3.10. The maximum atomic E-state index is 10.5. The number of rotatable bonds is 2. The van der Waals surface area contributed by atoms with Crippen molar-refractivity contribution in [2.24, 2.45) is 0 Å². The molecular weight excluding hydrogens is 144 g/mol. The minimum atomic E-state index is -0.730. The molecule has 3 nitrogen and oxygen atoms in total. The summed E-state index contributed by atoms with van der Waals surface area (Å²) < 4.78 is 4.87. The lowest BCUT2D eigenvalue weighted by Crippen LogP contribution is -2.48. The zero-order chi connectivity index (χ0) is 8.48. The Morgan fingerprint density at radius 1 is 1.64 bits per heavy atom. The van der Waals surface area contributed by atoms with Crippen molar-refractivity contribution in [3.63, 3.8) is 0 Å². The smallest absolute Gasteiger partial charge is 0.302 e. The predicted molar refractivity (Wildman–Crippen MR) is 40.0 cm³/mol. The summed E-state index contributed by atoms with van der Waals surface area (Å²) in [6, 6.07) is 0. The number of ether oxygens (including phenoxy) is 1. The van der Waals surface area contributed by atoms with Gasteiger partial charge in [0.25, 0.3) is 0 Å². The molecule has 1 N–H and O–H groups in total. The van der Waals surface area contributed by atoms with Crippen LogP contribution in [0.2, 0.25) is 0 Å². The summed E-state index contributed by atoms with van der Waals surface area (Å²) in [4.78, 5) is 10.5. The number of aliphatic hydroxyl groups is 1. The quantitative estimate of drug-likeness (QED) is 0.606. The summed E-state index contributed by atoms with van der Waals surface area (Å²) in [5.74, 6) is -0.321. The highest BCUT2D eigenvalue weighted by atomic mass is 16.6. The highest BCUT2D eigenvalue weighted by Crippen LogP contribution is 2.35. The summed E-state index contributed by atoms with van der Waals surface area (Å²) in [5, 5.41) is 9.65. The Morgan fingerprint density at radius 2 is 2.18 bits per heavy atom. The van der Waals surface area contributed by atoms with Crippen LogP contribution in [-0.4, -0.2) is 22.8 Å². The van der Waals surface area contributed by atoms with E-state index in [-0.39, 0.29) is 12.1 Å². The number of hydrogen-bond donors (Lipinski definition) is 1. The topological polar surface area (TPSA) is 46.5 Å². The molecule has 0 aromatic heterocycles. The van der Waals surface area contributed by atoms with Gasteiger partial charge < -0.3 is 9.84 Å². The van der Waals surface area contributed by atoms with Gasteiger partial charge in [0.15, 0.2) is 0 Å². The molecule has 0 amide bonds. The molecule has 0 spiro atoms. The Hall–Kier alpha value is -0.570. The zero-order valence-electron chi connectivity index (χ0n) is 6.96. The van der Waals surface area contributed by atoms with E-state index in [1.165, 1.54) is 6.92 Å². The van der Waals surface area contributed by atoms with Gasteiger partial charge in [-0.1, -0.05) is 0 Å². The molecule has 1 rings (SSSR count). The molecule has 1 saturated carbocycles. The Labute approximate surface area is 66.4 Å². The van der Waals surface area contributed by atoms with Gasteiger partial charge in [-0.2, -0.15) is 0 Å². The first-order valence-electron chi connectivity index (χ1n) is 3.94. The van der Waals surface area contributed by atoms with E-state index in [0.717, 1.165) is 19.3 Å². The molecule has 1 aliphatic rings. The third kappa shape index (κ3) is 1.71. The second kappa shape index (κ2) is 2.81. The summed E-state index contributed by atoms with van der Waals surface area (Å²) >= 11 is 0. The van der Waals surface area contributed by atoms with Crippen molar-refractivity contribution in [2.75, 3.05) is 0 Å². The molecule has 0 heterocycles. The van der Waals surface area contributed by atoms with Gasteiger partial charge in [0.05, 0.1) is 0 Å². The van der Waals surface area contributed by atoms with E-state index in [1.807, 2.05) is 0 Å². The van der Waals surface area contributed by atoms with Crippen LogP contribution in [0.4, 0.5) is 0 Å². The third-order valence-electron chi connectivity index (χ3n) is 2.32. The summed E-state index contributed by atoms with van der Waals surface area (Å²) in [7, 11) is 0. The van der Waals surface area contributed by atoms with Crippen LogP contribution in [0, 0.1) is 0 Å². The fourth-order valence-corrected chi connectivity index (χ4v) is 1.30. The fraction of sp³-hybridized carbons (Fsp3) is 0.875. The Balaban J connectivity index is 2.40. The summed E-state index contributed by atoms with van der Waals surface area (Å²) in [5.41, 5.74) is -0.730. The van der Waals surface area contributed by atoms with Crippen molar-refractivity contribution >= 4 is 5.97 Å². The highest BCUT2D eigenvalue weighted by molar-refractivity contribution is 5.66. The van der Waals surface area contributed by atoms with E-state index in [4.69, 9.17) is 4.74 Å². The van der Waals surface area contributed by atoms with Crippen LogP contribution in [0.1, 0.15) is 33.1 Å². The van der Waals surface area contributed by atoms with Crippen molar-refractivity contribution < 1.29 is 14.6 Å². The van der Waals surface area contributed by atoms with Crippen molar-refractivity contribution in [1.82, 2.24) is 0 Å². The molecule has 1 fully saturated rings. The lowest BCUT2D eigenvalue weighted by molar-refractivity contribution is -0.172. The molecule has 1 unspecified atom stereocenters. The van der Waals surface area contributed by atoms with Gasteiger partial charge in [-0.25, -0.2) is 0 Å². The zero-order valence-corrected chi connectivity index (χ0v) is 6.96. The molecular formula is C8H14O3. The third-order valence-corrected chi connectivity index (χ3v) is 2.32. The Morgan fingerprint density at radius 3 is 2.45 bits per heavy atom. The normalized spacial score (nSPS) is 23.5. The van der Waals surface area contributed by atoms with E-state index in [1.54, 1.807) is 6.92 Å². The van der Waals surface area contributed by atoms with Crippen LogP contribution in [0.5, 0.6) is 0 Å². The van der Waals surface area contributed by atoms with Crippen LogP contribution in [-0.2, 0) is 9.53 Å². The van der Waals surface area contributed by atoms with Crippen LogP contribution in [0.3, 0.4) is 0 Å². The van der Waals surface area contributed by atoms with Crippen LogP contribution in [0.15, 0.2) is 0 Å². The van der Waals surface area contributed by atoms with Gasteiger partial charge in [0.2, 0.25) is 0 Å². The largest absolute Gasteiger partial charge is 0.460 e. The number of carbonyl (C=O) groups is 1. The molecule has 0 bridgehead atoms. The monoisotopic (exact) mass is 158 g/mol. The van der Waals surface area contributed by atoms with Gasteiger partial charge in [-0.05, 0) is 26.2 Å². The molecule has 0 aromatic rings. The van der Waals surface area contributed by atoms with E-state index in [2.05, 4.69) is 0 Å². The van der Waals surface area contributed by atoms with Gasteiger partial charge in [-0.3, -0.25) is 4.79 Å². The number of carbonyl (C=O) groups excluding carboxylic acids is 1. The lowest BCUT2D eigenvalue weighted by atomic mass is 9.76. The molecule has 64 valence electrons. The molecule has 0 aliphatic heterocycles. The van der Waals surface area contributed by atoms with Crippen LogP contribution >= 0.6 is 0 Å². The van der Waals surface area contributed by atoms with E-state index in [0.29, 0.717) is 0 Å². The molecule has 0 saturated heterocycles. The minimum Gasteiger partial charge on any atom is -0.460 e. The SMILES string of the molecule is CC(=O)OC(C)C1(O)CCC1. The molecule has 0 radical (unpaired) electrons. The van der Waals surface area contributed by atoms with Crippen LogP contribution in [0.25, 0.3) is 0 Å². The van der Waals surface area contributed by atoms with Crippen molar-refractivity contribution in [2.45, 2.75) is 44.8 Å². The fourth-order valence-electron chi connectivity index (χ4n) is 1.30. The van der Waals surface area contributed by atoms with E-state index in [9.17, 15) is 9.90 Å². The van der Waals surface area contributed by atoms with Gasteiger partial charge in [-0.15, -0.1) is 0 Å². The average Bonchev–Trinajstić information content (AvgIpc) is 1.81. The second-order valence-corrected chi connectivity index (χ2v) is 3.21. The second-order valence-electron chi connectivity index (χ2n) is 3.21. The van der Waals surface area contributed by atoms with E-state index >= 15 is 0 Å². The van der Waals surface area contributed by atoms with Gasteiger partial charge in [0.1, 0.15) is 11.7 Å². The average molecular weight is 158 g/mol. The highest BCUT2D eigenvalue weighted by Gasteiger charge is 2.41. The van der Waals surface area contributed by atoms with Gasteiger partial charge >= 0.3 is 5.97 Å². The maximum Gasteiger partial charge on any atom is 0.302 e. The lowest BCUT2D eigenvalue weighted by Gasteiger charge is -2.40. The Kier molecular flexibility index (Phi) is 2.18. The van der Waals surface area contributed by atoms with Crippen molar-refractivity contribution in [3.8, 4) is 0 Å². The molecule has 11 heavy (non-hydrogen) atoms. The van der Waals surface area contributed by atoms with Gasteiger partial charge in [0, 0.05) is 6.92 Å². The van der Waals surface area contributed by atoms with E-state index < -0.39 is 5.60 Å². The first kappa shape index (κ1) is 8.53. The number of esters is 1. The first-order valence-corrected chi connectivity index (χ1v) is 3.94.